The fourth-order valence-corrected chi connectivity index (χ4v) is 5.26. The summed E-state index contributed by atoms with van der Waals surface area (Å²) in [7, 11) is 0. The Kier molecular flexibility index (Phi) is 2.52. The minimum absolute atomic E-state index is 0.0196. The van der Waals surface area contributed by atoms with Gasteiger partial charge in [0, 0.05) is 11.2 Å². The van der Waals surface area contributed by atoms with Crippen LogP contribution in [0.4, 0.5) is 0 Å². The summed E-state index contributed by atoms with van der Waals surface area (Å²) in [5, 5.41) is 10.5. The lowest BCUT2D eigenvalue weighted by atomic mass is 9.65. The maximum atomic E-state index is 10.5. The number of rotatable bonds is 0. The maximum absolute atomic E-state index is 10.5. The summed E-state index contributed by atoms with van der Waals surface area (Å²) in [6.45, 7) is 8.31. The van der Waals surface area contributed by atoms with E-state index >= 15 is 0 Å². The molecule has 5 heteroatoms. The van der Waals surface area contributed by atoms with Gasteiger partial charge in [-0.05, 0) is 46.5 Å². The largest absolute Gasteiger partial charge is 0.390 e. The molecule has 0 aromatic rings. The average molecular weight is 347 g/mol. The smallest absolute Gasteiger partial charge is 0.200 e. The van der Waals surface area contributed by atoms with Gasteiger partial charge in [0.25, 0.3) is 0 Å². The Labute approximate surface area is 128 Å². The normalized spacial score (nSPS) is 63.3. The van der Waals surface area contributed by atoms with Crippen molar-refractivity contribution in [2.24, 2.45) is 5.92 Å². The van der Waals surface area contributed by atoms with Gasteiger partial charge in [0.2, 0.25) is 0 Å². The minimum atomic E-state index is -0.726. The topological polar surface area (TPSA) is 47.9 Å². The van der Waals surface area contributed by atoms with E-state index in [1.807, 2.05) is 6.92 Å². The Morgan fingerprint density at radius 2 is 1.80 bits per heavy atom. The van der Waals surface area contributed by atoms with E-state index in [1.165, 1.54) is 0 Å². The van der Waals surface area contributed by atoms with Crippen molar-refractivity contribution in [3.05, 3.63) is 0 Å². The van der Waals surface area contributed by atoms with Crippen LogP contribution in [-0.2, 0) is 14.2 Å². The van der Waals surface area contributed by atoms with Crippen molar-refractivity contribution in [2.75, 3.05) is 0 Å². The predicted molar refractivity (Wildman–Crippen MR) is 76.7 cm³/mol. The fraction of sp³-hybridized carbons (Fsp3) is 1.00. The van der Waals surface area contributed by atoms with E-state index in [-0.39, 0.29) is 22.5 Å². The Hall–Kier alpha value is 0.320. The molecule has 1 N–H and O–H groups in total. The van der Waals surface area contributed by atoms with Crippen molar-refractivity contribution in [3.8, 4) is 0 Å². The third kappa shape index (κ3) is 1.37. The van der Waals surface area contributed by atoms with Gasteiger partial charge < -0.3 is 19.3 Å². The number of halogens is 1. The number of alkyl halides is 1. The lowest BCUT2D eigenvalue weighted by Gasteiger charge is -2.59. The van der Waals surface area contributed by atoms with Crippen molar-refractivity contribution >= 4 is 15.9 Å². The van der Waals surface area contributed by atoms with E-state index in [9.17, 15) is 5.11 Å². The Bertz CT molecular complexity index is 467. The summed E-state index contributed by atoms with van der Waals surface area (Å²) in [6.07, 6.45) is 1.90. The van der Waals surface area contributed by atoms with Gasteiger partial charge in [-0.3, -0.25) is 0 Å². The fourth-order valence-electron chi connectivity index (χ4n) is 4.74. The molecule has 0 amide bonds. The van der Waals surface area contributed by atoms with Crippen LogP contribution < -0.4 is 0 Å². The van der Waals surface area contributed by atoms with Gasteiger partial charge in [0.15, 0.2) is 5.79 Å². The van der Waals surface area contributed by atoms with Crippen LogP contribution in [0.5, 0.6) is 0 Å². The SMILES string of the molecule is CC1(C)OC2(C)C3CC(O)[C@@]4(C)O[C@@]2(CC1Br)O[C@@H]4C3. The first-order chi connectivity index (χ1) is 9.13. The summed E-state index contributed by atoms with van der Waals surface area (Å²) in [4.78, 5) is 0.167. The molecule has 7 atom stereocenters. The molecular weight excluding hydrogens is 324 g/mol. The van der Waals surface area contributed by atoms with E-state index in [0.29, 0.717) is 0 Å². The molecule has 0 aromatic heterocycles. The standard InChI is InChI=1S/C15H23BrO4/c1-12(2)9(16)7-15-14(4,19-12)8-5-10(17)13(3,20-15)11(6-8)18-15/h8-11,17H,5-7H2,1-4H3/t8?,9?,10?,11-,13-,14?,15-/m1/s1. The lowest BCUT2D eigenvalue weighted by Crippen LogP contribution is -2.70. The molecule has 3 saturated heterocycles. The van der Waals surface area contributed by atoms with Crippen LogP contribution in [-0.4, -0.2) is 44.7 Å². The van der Waals surface area contributed by atoms with E-state index < -0.39 is 23.1 Å². The molecule has 4 unspecified atom stereocenters. The van der Waals surface area contributed by atoms with E-state index in [4.69, 9.17) is 14.2 Å². The summed E-state index contributed by atoms with van der Waals surface area (Å²) < 4.78 is 19.2. The number of aliphatic hydroxyl groups is 1. The number of hydrogen-bond acceptors (Lipinski definition) is 4. The number of ether oxygens (including phenoxy) is 3. The highest BCUT2D eigenvalue weighted by atomic mass is 79.9. The summed E-state index contributed by atoms with van der Waals surface area (Å²) in [5.41, 5.74) is -1.36. The first-order valence-corrected chi connectivity index (χ1v) is 8.45. The summed E-state index contributed by atoms with van der Waals surface area (Å²) >= 11 is 3.74. The molecule has 4 aliphatic rings. The zero-order valence-corrected chi connectivity index (χ0v) is 14.1. The van der Waals surface area contributed by atoms with Gasteiger partial charge in [-0.25, -0.2) is 0 Å². The second kappa shape index (κ2) is 3.62. The van der Waals surface area contributed by atoms with Crippen LogP contribution in [0.2, 0.25) is 0 Å². The molecule has 1 spiro atoms. The molecule has 4 rings (SSSR count). The average Bonchev–Trinajstić information content (AvgIpc) is 2.55. The quantitative estimate of drug-likeness (QED) is 0.684. The Balaban J connectivity index is 1.85. The second-order valence-corrected chi connectivity index (χ2v) is 8.92. The molecular formula is C15H23BrO4. The van der Waals surface area contributed by atoms with Crippen LogP contribution >= 0.6 is 15.9 Å². The number of hydrogen-bond donors (Lipinski definition) is 1. The van der Waals surface area contributed by atoms with Gasteiger partial charge in [-0.2, -0.15) is 0 Å². The van der Waals surface area contributed by atoms with Gasteiger partial charge in [0.05, 0.1) is 17.8 Å². The van der Waals surface area contributed by atoms with Crippen molar-refractivity contribution in [1.29, 1.82) is 0 Å². The Morgan fingerprint density at radius 1 is 1.10 bits per heavy atom. The zero-order valence-electron chi connectivity index (χ0n) is 12.5. The molecule has 1 aliphatic carbocycles. The molecule has 20 heavy (non-hydrogen) atoms. The van der Waals surface area contributed by atoms with Gasteiger partial charge in [-0.15, -0.1) is 0 Å². The molecule has 4 nitrogen and oxygen atoms in total. The third-order valence-corrected chi connectivity index (χ3v) is 7.66. The van der Waals surface area contributed by atoms with E-state index in [0.717, 1.165) is 19.3 Å². The highest BCUT2D eigenvalue weighted by molar-refractivity contribution is 9.09. The maximum Gasteiger partial charge on any atom is 0.200 e. The number of fused-ring (bicyclic) bond motifs is 2. The molecule has 0 radical (unpaired) electrons. The van der Waals surface area contributed by atoms with Crippen molar-refractivity contribution in [1.82, 2.24) is 0 Å². The van der Waals surface area contributed by atoms with Crippen molar-refractivity contribution < 1.29 is 19.3 Å². The predicted octanol–water partition coefficient (Wildman–Crippen LogP) is 2.36. The highest BCUT2D eigenvalue weighted by Gasteiger charge is 2.77. The molecule has 0 aromatic carbocycles. The third-order valence-electron chi connectivity index (χ3n) is 6.24. The zero-order chi connectivity index (χ0) is 14.6. The van der Waals surface area contributed by atoms with Crippen LogP contribution in [0.25, 0.3) is 0 Å². The van der Waals surface area contributed by atoms with Crippen molar-refractivity contribution in [3.63, 3.8) is 0 Å². The first-order valence-electron chi connectivity index (χ1n) is 7.53. The van der Waals surface area contributed by atoms with Gasteiger partial charge in [-0.1, -0.05) is 15.9 Å². The highest BCUT2D eigenvalue weighted by Crippen LogP contribution is 2.65. The van der Waals surface area contributed by atoms with Gasteiger partial charge >= 0.3 is 0 Å². The first kappa shape index (κ1) is 13.9. The monoisotopic (exact) mass is 346 g/mol. The molecule has 114 valence electrons. The molecule has 3 bridgehead atoms. The van der Waals surface area contributed by atoms with Gasteiger partial charge in [0.1, 0.15) is 11.2 Å². The lowest BCUT2D eigenvalue weighted by molar-refractivity contribution is -0.368. The minimum Gasteiger partial charge on any atom is -0.390 e. The van der Waals surface area contributed by atoms with E-state index in [2.05, 4.69) is 36.7 Å². The molecule has 1 saturated carbocycles. The molecule has 3 aliphatic heterocycles. The second-order valence-electron chi connectivity index (χ2n) is 7.81. The molecule has 3 heterocycles. The molecule has 4 fully saturated rings. The number of aliphatic hydroxyl groups excluding tert-OH is 1. The van der Waals surface area contributed by atoms with Crippen LogP contribution in [0.3, 0.4) is 0 Å². The van der Waals surface area contributed by atoms with Crippen LogP contribution in [0.15, 0.2) is 0 Å². The van der Waals surface area contributed by atoms with Crippen LogP contribution in [0.1, 0.15) is 47.0 Å². The summed E-state index contributed by atoms with van der Waals surface area (Å²) in [5.74, 6) is -0.442. The van der Waals surface area contributed by atoms with Crippen molar-refractivity contribution in [2.45, 2.75) is 86.6 Å². The Morgan fingerprint density at radius 3 is 2.50 bits per heavy atom. The van der Waals surface area contributed by atoms with E-state index in [1.54, 1.807) is 0 Å². The van der Waals surface area contributed by atoms with Crippen LogP contribution in [0, 0.1) is 5.92 Å². The summed E-state index contributed by atoms with van der Waals surface area (Å²) in [6, 6.07) is 0.